The Morgan fingerprint density at radius 2 is 1.94 bits per heavy atom. The fraction of sp³-hybridized carbons (Fsp3) is 0.929. The number of hydrogen-bond donors (Lipinski definition) is 0. The van der Waals surface area contributed by atoms with Gasteiger partial charge in [0, 0.05) is 12.8 Å². The lowest BCUT2D eigenvalue weighted by molar-refractivity contribution is -0.120. The van der Waals surface area contributed by atoms with Gasteiger partial charge in [0.2, 0.25) is 0 Å². The predicted octanol–water partition coefficient (Wildman–Crippen LogP) is 3.11. The van der Waals surface area contributed by atoms with Crippen molar-refractivity contribution in [1.29, 1.82) is 0 Å². The van der Waals surface area contributed by atoms with Crippen LogP contribution in [0.15, 0.2) is 0 Å². The van der Waals surface area contributed by atoms with Crippen molar-refractivity contribution in [2.75, 3.05) is 19.6 Å². The maximum absolute atomic E-state index is 11.8. The second-order valence-electron chi connectivity index (χ2n) is 5.55. The van der Waals surface area contributed by atoms with Crippen molar-refractivity contribution in [2.45, 2.75) is 52.9 Å². The second kappa shape index (κ2) is 7.05. The lowest BCUT2D eigenvalue weighted by Gasteiger charge is -2.30. The summed E-state index contributed by atoms with van der Waals surface area (Å²) < 4.78 is 0. The quantitative estimate of drug-likeness (QED) is 0.692. The van der Waals surface area contributed by atoms with E-state index >= 15 is 0 Å². The fourth-order valence-corrected chi connectivity index (χ4v) is 2.38. The lowest BCUT2D eigenvalue weighted by Crippen LogP contribution is -2.34. The molecule has 2 heteroatoms. The van der Waals surface area contributed by atoms with Gasteiger partial charge in [-0.3, -0.25) is 4.79 Å². The molecule has 0 unspecified atom stereocenters. The summed E-state index contributed by atoms with van der Waals surface area (Å²) in [5.41, 5.74) is 0. The Labute approximate surface area is 100 Å². The normalized spacial score (nSPS) is 19.2. The summed E-state index contributed by atoms with van der Waals surface area (Å²) in [6.07, 6.45) is 5.14. The van der Waals surface area contributed by atoms with Crippen LogP contribution in [-0.4, -0.2) is 30.3 Å². The monoisotopic (exact) mass is 225 g/mol. The van der Waals surface area contributed by atoms with E-state index in [1.54, 1.807) is 0 Å². The van der Waals surface area contributed by atoms with Crippen molar-refractivity contribution in [3.8, 4) is 0 Å². The zero-order valence-electron chi connectivity index (χ0n) is 11.2. The molecule has 94 valence electrons. The lowest BCUT2D eigenvalue weighted by atomic mass is 9.90. The summed E-state index contributed by atoms with van der Waals surface area (Å²) in [6.45, 7) is 10.1. The Bertz CT molecular complexity index is 205. The van der Waals surface area contributed by atoms with Crippen molar-refractivity contribution in [1.82, 2.24) is 4.90 Å². The predicted molar refractivity (Wildman–Crippen MR) is 68.5 cm³/mol. The standard InChI is InChI=1S/C14H27NO/c1-4-15-9-7-13(8-10-15)11-14(16)6-5-12(2)3/h12-13H,4-11H2,1-3H3. The summed E-state index contributed by atoms with van der Waals surface area (Å²) in [4.78, 5) is 14.2. The molecule has 16 heavy (non-hydrogen) atoms. The number of piperidine rings is 1. The molecule has 0 aromatic heterocycles. The number of ketones is 1. The Kier molecular flexibility index (Phi) is 6.04. The Hall–Kier alpha value is -0.370. The summed E-state index contributed by atoms with van der Waals surface area (Å²) >= 11 is 0. The molecule has 0 N–H and O–H groups in total. The van der Waals surface area contributed by atoms with Gasteiger partial charge in [-0.25, -0.2) is 0 Å². The second-order valence-corrected chi connectivity index (χ2v) is 5.55. The summed E-state index contributed by atoms with van der Waals surface area (Å²) in [7, 11) is 0. The molecular weight excluding hydrogens is 198 g/mol. The third-order valence-corrected chi connectivity index (χ3v) is 3.67. The number of nitrogens with zero attached hydrogens (tertiary/aromatic N) is 1. The highest BCUT2D eigenvalue weighted by atomic mass is 16.1. The summed E-state index contributed by atoms with van der Waals surface area (Å²) in [5.74, 6) is 1.82. The molecule has 0 aliphatic carbocycles. The minimum atomic E-state index is 0.489. The highest BCUT2D eigenvalue weighted by Crippen LogP contribution is 2.21. The zero-order chi connectivity index (χ0) is 12.0. The average molecular weight is 225 g/mol. The van der Waals surface area contributed by atoms with Crippen LogP contribution in [0.25, 0.3) is 0 Å². The van der Waals surface area contributed by atoms with E-state index in [9.17, 15) is 4.79 Å². The maximum Gasteiger partial charge on any atom is 0.133 e. The molecule has 0 atom stereocenters. The minimum Gasteiger partial charge on any atom is -0.304 e. The van der Waals surface area contributed by atoms with Crippen molar-refractivity contribution in [3.63, 3.8) is 0 Å². The number of hydrogen-bond acceptors (Lipinski definition) is 2. The molecule has 1 aliphatic heterocycles. The van der Waals surface area contributed by atoms with Crippen LogP contribution in [0.1, 0.15) is 52.9 Å². The Morgan fingerprint density at radius 3 is 2.44 bits per heavy atom. The summed E-state index contributed by atoms with van der Waals surface area (Å²) in [6, 6.07) is 0. The van der Waals surface area contributed by atoms with E-state index in [4.69, 9.17) is 0 Å². The van der Waals surface area contributed by atoms with Crippen molar-refractivity contribution >= 4 is 5.78 Å². The third kappa shape index (κ3) is 5.11. The molecule has 0 amide bonds. The van der Waals surface area contributed by atoms with Crippen molar-refractivity contribution in [2.24, 2.45) is 11.8 Å². The zero-order valence-corrected chi connectivity index (χ0v) is 11.2. The molecule has 0 radical (unpaired) electrons. The molecule has 1 heterocycles. The van der Waals surface area contributed by atoms with Crippen molar-refractivity contribution < 1.29 is 4.79 Å². The molecule has 1 saturated heterocycles. The highest BCUT2D eigenvalue weighted by molar-refractivity contribution is 5.78. The largest absolute Gasteiger partial charge is 0.304 e. The molecule has 0 saturated carbocycles. The van der Waals surface area contributed by atoms with Crippen LogP contribution >= 0.6 is 0 Å². The SMILES string of the molecule is CCN1CCC(CC(=O)CCC(C)C)CC1. The molecule has 1 aliphatic rings. The molecule has 1 fully saturated rings. The van der Waals surface area contributed by atoms with Crippen LogP contribution in [0, 0.1) is 11.8 Å². The van der Waals surface area contributed by atoms with Gasteiger partial charge >= 0.3 is 0 Å². The van der Waals surface area contributed by atoms with E-state index in [0.29, 0.717) is 17.6 Å². The first-order valence-electron chi connectivity index (χ1n) is 6.85. The first kappa shape index (κ1) is 13.7. The van der Waals surface area contributed by atoms with Gasteiger partial charge in [0.15, 0.2) is 0 Å². The van der Waals surface area contributed by atoms with E-state index < -0.39 is 0 Å². The average Bonchev–Trinajstić information content (AvgIpc) is 2.27. The first-order valence-corrected chi connectivity index (χ1v) is 6.85. The van der Waals surface area contributed by atoms with Crippen LogP contribution < -0.4 is 0 Å². The van der Waals surface area contributed by atoms with Gasteiger partial charge in [-0.15, -0.1) is 0 Å². The fourth-order valence-electron chi connectivity index (χ4n) is 2.38. The molecule has 0 aromatic carbocycles. The van der Waals surface area contributed by atoms with Crippen molar-refractivity contribution in [3.05, 3.63) is 0 Å². The number of likely N-dealkylation sites (tertiary alicyclic amines) is 1. The van der Waals surface area contributed by atoms with Gasteiger partial charge in [0.1, 0.15) is 5.78 Å². The molecular formula is C14H27NO. The molecule has 0 bridgehead atoms. The van der Waals surface area contributed by atoms with Gasteiger partial charge in [0.05, 0.1) is 0 Å². The number of Topliss-reactive ketones (excluding diaryl/α,β-unsaturated/α-hetero) is 1. The van der Waals surface area contributed by atoms with E-state index in [1.165, 1.54) is 25.9 Å². The Balaban J connectivity index is 2.15. The van der Waals surface area contributed by atoms with Crippen LogP contribution in [0.5, 0.6) is 0 Å². The van der Waals surface area contributed by atoms with Gasteiger partial charge in [0.25, 0.3) is 0 Å². The van der Waals surface area contributed by atoms with Gasteiger partial charge in [-0.2, -0.15) is 0 Å². The van der Waals surface area contributed by atoms with Crippen LogP contribution in [0.4, 0.5) is 0 Å². The topological polar surface area (TPSA) is 20.3 Å². The number of carbonyl (C=O) groups is 1. The molecule has 1 rings (SSSR count). The molecule has 2 nitrogen and oxygen atoms in total. The minimum absolute atomic E-state index is 0.489. The van der Waals surface area contributed by atoms with Gasteiger partial charge in [-0.05, 0) is 50.7 Å². The smallest absolute Gasteiger partial charge is 0.133 e. The van der Waals surface area contributed by atoms with Crippen LogP contribution in [-0.2, 0) is 4.79 Å². The van der Waals surface area contributed by atoms with Crippen LogP contribution in [0.3, 0.4) is 0 Å². The van der Waals surface area contributed by atoms with E-state index in [0.717, 1.165) is 25.8 Å². The van der Waals surface area contributed by atoms with Gasteiger partial charge in [-0.1, -0.05) is 20.8 Å². The summed E-state index contributed by atoms with van der Waals surface area (Å²) in [5, 5.41) is 0. The number of rotatable bonds is 6. The molecule has 0 aromatic rings. The highest BCUT2D eigenvalue weighted by Gasteiger charge is 2.20. The van der Waals surface area contributed by atoms with E-state index in [1.807, 2.05) is 0 Å². The van der Waals surface area contributed by atoms with E-state index in [-0.39, 0.29) is 0 Å². The number of carbonyl (C=O) groups excluding carboxylic acids is 1. The van der Waals surface area contributed by atoms with Gasteiger partial charge < -0.3 is 4.90 Å². The Morgan fingerprint density at radius 1 is 1.31 bits per heavy atom. The maximum atomic E-state index is 11.8. The van der Waals surface area contributed by atoms with Crippen LogP contribution in [0.2, 0.25) is 0 Å². The first-order chi connectivity index (χ1) is 7.61. The third-order valence-electron chi connectivity index (χ3n) is 3.67. The van der Waals surface area contributed by atoms with E-state index in [2.05, 4.69) is 25.7 Å². The molecule has 0 spiro atoms.